The van der Waals surface area contributed by atoms with Crippen LogP contribution in [0.1, 0.15) is 40.4 Å². The number of carbonyl (C=O) groups is 1. The lowest BCUT2D eigenvalue weighted by Crippen LogP contribution is -2.44. The number of aromatic nitrogens is 2. The van der Waals surface area contributed by atoms with Gasteiger partial charge in [-0.05, 0) is 52.8 Å². The molecule has 1 N–H and O–H groups in total. The highest BCUT2D eigenvalue weighted by molar-refractivity contribution is 6.07. The van der Waals surface area contributed by atoms with E-state index in [4.69, 9.17) is 8.94 Å². The van der Waals surface area contributed by atoms with E-state index in [1.807, 2.05) is 44.9 Å². The van der Waals surface area contributed by atoms with Crippen LogP contribution in [0.25, 0.3) is 22.4 Å². The third-order valence-electron chi connectivity index (χ3n) is 5.35. The van der Waals surface area contributed by atoms with Crippen molar-refractivity contribution < 1.29 is 13.7 Å². The summed E-state index contributed by atoms with van der Waals surface area (Å²) in [5.41, 5.74) is 3.19. The second-order valence-electron chi connectivity index (χ2n) is 7.19. The smallest absolute Gasteiger partial charge is 0.259 e. The van der Waals surface area contributed by atoms with E-state index in [1.165, 1.54) is 0 Å². The van der Waals surface area contributed by atoms with Crippen molar-refractivity contribution in [2.75, 3.05) is 20.1 Å². The molecule has 0 unspecified atom stereocenters. The van der Waals surface area contributed by atoms with Gasteiger partial charge in [-0.15, -0.1) is 12.4 Å². The first-order valence-corrected chi connectivity index (χ1v) is 9.29. The van der Waals surface area contributed by atoms with Crippen molar-refractivity contribution in [2.45, 2.75) is 39.7 Å². The molecule has 1 aliphatic rings. The summed E-state index contributed by atoms with van der Waals surface area (Å²) in [6, 6.07) is 4.24. The number of amides is 1. The average molecular weight is 405 g/mol. The van der Waals surface area contributed by atoms with Gasteiger partial charge in [0.15, 0.2) is 0 Å². The van der Waals surface area contributed by atoms with E-state index in [9.17, 15) is 4.79 Å². The fourth-order valence-corrected chi connectivity index (χ4v) is 3.83. The first kappa shape index (κ1) is 20.4. The van der Waals surface area contributed by atoms with E-state index in [0.717, 1.165) is 43.0 Å². The van der Waals surface area contributed by atoms with Crippen LogP contribution in [-0.2, 0) is 0 Å². The highest BCUT2D eigenvalue weighted by atomic mass is 35.5. The van der Waals surface area contributed by atoms with Gasteiger partial charge in [0.1, 0.15) is 11.5 Å². The topological polar surface area (TPSA) is 84.4 Å². The van der Waals surface area contributed by atoms with Crippen molar-refractivity contribution in [3.05, 3.63) is 34.9 Å². The molecule has 0 radical (unpaired) electrons. The van der Waals surface area contributed by atoms with Crippen LogP contribution in [-0.4, -0.2) is 47.1 Å². The van der Waals surface area contributed by atoms with E-state index in [0.29, 0.717) is 34.1 Å². The minimum Gasteiger partial charge on any atom is -0.466 e. The number of likely N-dealkylation sites (tertiary alicyclic amines) is 1. The van der Waals surface area contributed by atoms with Crippen LogP contribution >= 0.6 is 12.4 Å². The third-order valence-corrected chi connectivity index (χ3v) is 5.35. The molecule has 0 atom stereocenters. The molecule has 28 heavy (non-hydrogen) atoms. The highest BCUT2D eigenvalue weighted by Gasteiger charge is 2.27. The Bertz CT molecular complexity index is 1000. The van der Waals surface area contributed by atoms with Gasteiger partial charge in [-0.1, -0.05) is 5.16 Å². The molecule has 0 aliphatic carbocycles. The van der Waals surface area contributed by atoms with Gasteiger partial charge in [-0.3, -0.25) is 4.79 Å². The van der Waals surface area contributed by atoms with Crippen molar-refractivity contribution in [3.63, 3.8) is 0 Å². The summed E-state index contributed by atoms with van der Waals surface area (Å²) in [4.78, 5) is 19.8. The standard InChI is InChI=1S/C20H24N4O3.ClH/c1-11-9-15(13(3)26-11)17-10-16(18-12(2)23-27-19(18)22-17)20(25)24-7-5-14(21-4)6-8-24;/h9-10,14,21H,5-8H2,1-4H3;1H. The van der Waals surface area contributed by atoms with Crippen LogP contribution < -0.4 is 5.32 Å². The Morgan fingerprint density at radius 1 is 1.21 bits per heavy atom. The summed E-state index contributed by atoms with van der Waals surface area (Å²) in [5.74, 6) is 1.58. The minimum atomic E-state index is 0. The van der Waals surface area contributed by atoms with E-state index in [-0.39, 0.29) is 18.3 Å². The molecule has 3 aromatic rings. The first-order valence-electron chi connectivity index (χ1n) is 9.29. The molecular formula is C20H25ClN4O3. The van der Waals surface area contributed by atoms with Gasteiger partial charge in [-0.2, -0.15) is 0 Å². The summed E-state index contributed by atoms with van der Waals surface area (Å²) in [6.45, 7) is 7.09. The largest absolute Gasteiger partial charge is 0.466 e. The SMILES string of the molecule is CNC1CCN(C(=O)c2cc(-c3cc(C)oc3C)nc3onc(C)c23)CC1.Cl. The highest BCUT2D eigenvalue weighted by Crippen LogP contribution is 2.31. The summed E-state index contributed by atoms with van der Waals surface area (Å²) in [7, 11) is 1.97. The van der Waals surface area contributed by atoms with Crippen molar-refractivity contribution >= 4 is 29.4 Å². The lowest BCUT2D eigenvalue weighted by molar-refractivity contribution is 0.0709. The van der Waals surface area contributed by atoms with Crippen molar-refractivity contribution in [2.24, 2.45) is 0 Å². The van der Waals surface area contributed by atoms with Crippen LogP contribution in [0.4, 0.5) is 0 Å². The zero-order valence-corrected chi connectivity index (χ0v) is 17.4. The number of piperidine rings is 1. The Hall–Kier alpha value is -2.38. The van der Waals surface area contributed by atoms with Crippen molar-refractivity contribution in [1.29, 1.82) is 0 Å². The second kappa shape index (κ2) is 7.93. The zero-order chi connectivity index (χ0) is 19.1. The number of rotatable bonds is 3. The second-order valence-corrected chi connectivity index (χ2v) is 7.19. The Morgan fingerprint density at radius 2 is 1.93 bits per heavy atom. The molecule has 1 saturated heterocycles. The lowest BCUT2D eigenvalue weighted by Gasteiger charge is -2.32. The number of fused-ring (bicyclic) bond motifs is 1. The number of nitrogens with zero attached hydrogens (tertiary/aromatic N) is 3. The molecule has 7 nitrogen and oxygen atoms in total. The molecule has 1 fully saturated rings. The molecule has 0 aromatic carbocycles. The van der Waals surface area contributed by atoms with Gasteiger partial charge < -0.3 is 19.2 Å². The average Bonchev–Trinajstić information content (AvgIpc) is 3.22. The van der Waals surface area contributed by atoms with Crippen molar-refractivity contribution in [1.82, 2.24) is 20.4 Å². The monoisotopic (exact) mass is 404 g/mol. The van der Waals surface area contributed by atoms with E-state index >= 15 is 0 Å². The van der Waals surface area contributed by atoms with Crippen LogP contribution in [0.2, 0.25) is 0 Å². The molecule has 1 aliphatic heterocycles. The fraction of sp³-hybridized carbons (Fsp3) is 0.450. The van der Waals surface area contributed by atoms with Gasteiger partial charge in [-0.25, -0.2) is 4.98 Å². The number of nitrogens with one attached hydrogen (secondary N) is 1. The number of carbonyl (C=O) groups excluding carboxylic acids is 1. The maximum atomic E-state index is 13.3. The normalized spacial score (nSPS) is 15.1. The maximum absolute atomic E-state index is 13.3. The summed E-state index contributed by atoms with van der Waals surface area (Å²) in [5, 5.41) is 8.02. The Labute approximate surface area is 169 Å². The number of halogens is 1. The quantitative estimate of drug-likeness (QED) is 0.717. The maximum Gasteiger partial charge on any atom is 0.259 e. The molecule has 1 amide bonds. The molecule has 3 aromatic heterocycles. The molecule has 150 valence electrons. The predicted molar refractivity (Wildman–Crippen MR) is 109 cm³/mol. The molecule has 0 bridgehead atoms. The van der Waals surface area contributed by atoms with E-state index in [2.05, 4.69) is 15.5 Å². The van der Waals surface area contributed by atoms with Crippen molar-refractivity contribution in [3.8, 4) is 11.3 Å². The summed E-state index contributed by atoms with van der Waals surface area (Å²) in [6.07, 6.45) is 1.90. The number of aryl methyl sites for hydroxylation is 3. The van der Waals surface area contributed by atoms with Gasteiger partial charge in [0.05, 0.1) is 22.3 Å². The van der Waals surface area contributed by atoms with Crippen LogP contribution in [0.5, 0.6) is 0 Å². The third kappa shape index (κ3) is 3.52. The Morgan fingerprint density at radius 3 is 2.54 bits per heavy atom. The number of pyridine rings is 1. The van der Waals surface area contributed by atoms with E-state index in [1.54, 1.807) is 0 Å². The Balaban J connectivity index is 0.00000225. The summed E-state index contributed by atoms with van der Waals surface area (Å²) >= 11 is 0. The predicted octanol–water partition coefficient (Wildman–Crippen LogP) is 3.65. The molecule has 4 rings (SSSR count). The zero-order valence-electron chi connectivity index (χ0n) is 16.5. The molecule has 0 saturated carbocycles. The van der Waals surface area contributed by atoms with Gasteiger partial charge in [0.25, 0.3) is 11.6 Å². The summed E-state index contributed by atoms with van der Waals surface area (Å²) < 4.78 is 11.0. The number of furan rings is 1. The number of hydrogen-bond acceptors (Lipinski definition) is 6. The fourth-order valence-electron chi connectivity index (χ4n) is 3.83. The lowest BCUT2D eigenvalue weighted by atomic mass is 10.0. The molecular weight excluding hydrogens is 380 g/mol. The van der Waals surface area contributed by atoms with Gasteiger partial charge in [0, 0.05) is 24.7 Å². The van der Waals surface area contributed by atoms with E-state index < -0.39 is 0 Å². The first-order chi connectivity index (χ1) is 13.0. The molecule has 4 heterocycles. The van der Waals surface area contributed by atoms with Crippen LogP contribution in [0.3, 0.4) is 0 Å². The van der Waals surface area contributed by atoms with Gasteiger partial charge in [0.2, 0.25) is 0 Å². The minimum absolute atomic E-state index is 0. The number of hydrogen-bond donors (Lipinski definition) is 1. The van der Waals surface area contributed by atoms with Crippen LogP contribution in [0, 0.1) is 20.8 Å². The molecule has 8 heteroatoms. The Kier molecular flexibility index (Phi) is 5.76. The van der Waals surface area contributed by atoms with Gasteiger partial charge >= 0.3 is 0 Å². The van der Waals surface area contributed by atoms with Crippen LogP contribution in [0.15, 0.2) is 21.1 Å². The molecule has 0 spiro atoms.